The molecule has 0 aliphatic heterocycles. The smallest absolute Gasteiger partial charge is 0.249 e. The summed E-state index contributed by atoms with van der Waals surface area (Å²) in [6, 6.07) is 0. The number of nitrogens with one attached hydrogen (secondary N) is 2. The third kappa shape index (κ3) is 6.70. The molecule has 0 spiro atoms. The van der Waals surface area contributed by atoms with Gasteiger partial charge in [0.2, 0.25) is 11.8 Å². The van der Waals surface area contributed by atoms with E-state index in [1.54, 1.807) is 0 Å². The van der Waals surface area contributed by atoms with Crippen LogP contribution in [0.5, 0.6) is 0 Å². The molecule has 0 rings (SSSR count). The van der Waals surface area contributed by atoms with E-state index in [0.29, 0.717) is 0 Å². The minimum absolute atomic E-state index is 0.225. The Morgan fingerprint density at radius 3 is 1.33 bits per heavy atom. The van der Waals surface area contributed by atoms with Crippen molar-refractivity contribution in [1.82, 2.24) is 10.6 Å². The Bertz CT molecular complexity index is 388. The molecule has 0 aromatic carbocycles. The first-order valence-corrected chi connectivity index (χ1v) is 7.70. The predicted octanol–water partition coefficient (Wildman–Crippen LogP) is -2.66. The van der Waals surface area contributed by atoms with Crippen molar-refractivity contribution in [3.63, 3.8) is 0 Å². The van der Waals surface area contributed by atoms with Crippen LogP contribution < -0.4 is 10.6 Å². The maximum atomic E-state index is 11.7. The van der Waals surface area contributed by atoms with Crippen molar-refractivity contribution in [2.24, 2.45) is 10.8 Å². The molecule has 2 unspecified atom stereocenters. The van der Waals surface area contributed by atoms with Gasteiger partial charge in [-0.05, 0) is 0 Å². The lowest BCUT2D eigenvalue weighted by atomic mass is 9.87. The highest BCUT2D eigenvalue weighted by molar-refractivity contribution is 5.82. The van der Waals surface area contributed by atoms with Crippen molar-refractivity contribution < 1.29 is 35.1 Å². The van der Waals surface area contributed by atoms with Gasteiger partial charge in [-0.2, -0.15) is 0 Å². The molecule has 0 aromatic heterocycles. The fourth-order valence-corrected chi connectivity index (χ4v) is 1.59. The summed E-state index contributed by atoms with van der Waals surface area (Å²) in [5.41, 5.74) is -2.05. The van der Waals surface area contributed by atoms with Gasteiger partial charge in [0.1, 0.15) is 12.2 Å². The van der Waals surface area contributed by atoms with Gasteiger partial charge in [0.15, 0.2) is 0 Å². The summed E-state index contributed by atoms with van der Waals surface area (Å²) < 4.78 is 0. The Kier molecular flexibility index (Phi) is 8.80. The van der Waals surface area contributed by atoms with Crippen LogP contribution in [0.4, 0.5) is 0 Å². The summed E-state index contributed by atoms with van der Waals surface area (Å²) in [6.07, 6.45) is -4.03. The van der Waals surface area contributed by atoms with Crippen LogP contribution in [-0.2, 0) is 9.59 Å². The standard InChI is InChI=1S/C15H30N2O7/c1-14(2,7-18)10(21)12(23)16-5-9(20)6-17-13(24)11(22)15(3,4)8-19/h9-11,18-22H,5-8H2,1-4H3,(H,16,23)(H,17,24). The highest BCUT2D eigenvalue weighted by atomic mass is 16.3. The van der Waals surface area contributed by atoms with E-state index >= 15 is 0 Å². The van der Waals surface area contributed by atoms with Gasteiger partial charge < -0.3 is 36.2 Å². The molecule has 0 bridgehead atoms. The molecule has 0 heterocycles. The van der Waals surface area contributed by atoms with Gasteiger partial charge in [-0.1, -0.05) is 27.7 Å². The van der Waals surface area contributed by atoms with E-state index in [1.165, 1.54) is 27.7 Å². The average Bonchev–Trinajstić information content (AvgIpc) is 2.55. The van der Waals surface area contributed by atoms with Gasteiger partial charge in [0.25, 0.3) is 0 Å². The number of amides is 2. The summed E-state index contributed by atoms with van der Waals surface area (Å²) in [5, 5.41) is 52.1. The van der Waals surface area contributed by atoms with E-state index in [-0.39, 0.29) is 13.1 Å². The second-order valence-corrected chi connectivity index (χ2v) is 7.24. The normalized spacial score (nSPS) is 16.2. The van der Waals surface area contributed by atoms with Gasteiger partial charge in [0, 0.05) is 23.9 Å². The first-order chi connectivity index (χ1) is 10.9. The van der Waals surface area contributed by atoms with Crippen molar-refractivity contribution in [3.05, 3.63) is 0 Å². The molecule has 0 saturated heterocycles. The van der Waals surface area contributed by atoms with Gasteiger partial charge in [-0.25, -0.2) is 0 Å². The van der Waals surface area contributed by atoms with Gasteiger partial charge in [0.05, 0.1) is 19.3 Å². The molecule has 0 aliphatic carbocycles. The summed E-state index contributed by atoms with van der Waals surface area (Å²) in [4.78, 5) is 23.5. The fourth-order valence-electron chi connectivity index (χ4n) is 1.59. The third-order valence-electron chi connectivity index (χ3n) is 3.82. The van der Waals surface area contributed by atoms with Crippen molar-refractivity contribution in [3.8, 4) is 0 Å². The molecular formula is C15H30N2O7. The Morgan fingerprint density at radius 1 is 0.792 bits per heavy atom. The van der Waals surface area contributed by atoms with Crippen LogP contribution in [0.3, 0.4) is 0 Å². The lowest BCUT2D eigenvalue weighted by Gasteiger charge is -2.28. The van der Waals surface area contributed by atoms with E-state index in [9.17, 15) is 24.9 Å². The number of hydrogen-bond donors (Lipinski definition) is 7. The molecule has 2 atom stereocenters. The molecule has 0 aromatic rings. The zero-order chi connectivity index (χ0) is 19.1. The molecule has 142 valence electrons. The summed E-state index contributed by atoms with van der Waals surface area (Å²) in [6.45, 7) is 4.82. The lowest BCUT2D eigenvalue weighted by molar-refractivity contribution is -0.137. The number of carbonyl (C=O) groups excluding carboxylic acids is 2. The predicted molar refractivity (Wildman–Crippen MR) is 85.8 cm³/mol. The third-order valence-corrected chi connectivity index (χ3v) is 3.82. The van der Waals surface area contributed by atoms with E-state index in [4.69, 9.17) is 10.2 Å². The maximum Gasteiger partial charge on any atom is 0.249 e. The number of hydrogen-bond acceptors (Lipinski definition) is 7. The Morgan fingerprint density at radius 2 is 1.08 bits per heavy atom. The quantitative estimate of drug-likeness (QED) is 0.226. The van der Waals surface area contributed by atoms with Crippen LogP contribution in [0.25, 0.3) is 0 Å². The minimum Gasteiger partial charge on any atom is -0.396 e. The van der Waals surface area contributed by atoms with Crippen molar-refractivity contribution in [2.45, 2.75) is 46.0 Å². The topological polar surface area (TPSA) is 159 Å². The number of carbonyl (C=O) groups is 2. The number of rotatable bonds is 10. The van der Waals surface area contributed by atoms with E-state index in [0.717, 1.165) is 0 Å². The molecule has 0 radical (unpaired) electrons. The molecule has 9 heteroatoms. The summed E-state index contributed by atoms with van der Waals surface area (Å²) in [7, 11) is 0. The molecule has 0 aliphatic rings. The minimum atomic E-state index is -1.45. The lowest BCUT2D eigenvalue weighted by Crippen LogP contribution is -2.50. The first kappa shape index (κ1) is 22.7. The summed E-state index contributed by atoms with van der Waals surface area (Å²) >= 11 is 0. The highest BCUT2D eigenvalue weighted by Gasteiger charge is 2.34. The van der Waals surface area contributed by atoms with Crippen LogP contribution in [0, 0.1) is 10.8 Å². The first-order valence-electron chi connectivity index (χ1n) is 7.70. The Hall–Kier alpha value is -1.26. The molecule has 9 nitrogen and oxygen atoms in total. The largest absolute Gasteiger partial charge is 0.396 e. The van der Waals surface area contributed by atoms with E-state index in [1.807, 2.05) is 0 Å². The molecular weight excluding hydrogens is 320 g/mol. The van der Waals surface area contributed by atoms with Crippen LogP contribution in [0.15, 0.2) is 0 Å². The van der Waals surface area contributed by atoms with Gasteiger partial charge >= 0.3 is 0 Å². The molecule has 0 saturated carbocycles. The SMILES string of the molecule is CC(C)(CO)C(O)C(=O)NCC(O)CNC(=O)C(O)C(C)(C)CO. The molecule has 24 heavy (non-hydrogen) atoms. The number of aliphatic hydroxyl groups is 5. The summed E-state index contributed by atoms with van der Waals surface area (Å²) in [5.74, 6) is -1.50. The maximum absolute atomic E-state index is 11.7. The molecule has 7 N–H and O–H groups in total. The van der Waals surface area contributed by atoms with Crippen LogP contribution in [0.2, 0.25) is 0 Å². The van der Waals surface area contributed by atoms with Crippen LogP contribution >= 0.6 is 0 Å². The molecule has 0 fully saturated rings. The molecule has 2 amide bonds. The zero-order valence-electron chi connectivity index (χ0n) is 14.6. The van der Waals surface area contributed by atoms with Crippen LogP contribution in [0.1, 0.15) is 27.7 Å². The second-order valence-electron chi connectivity index (χ2n) is 7.24. The Labute approximate surface area is 141 Å². The van der Waals surface area contributed by atoms with Crippen molar-refractivity contribution in [1.29, 1.82) is 0 Å². The fraction of sp³-hybridized carbons (Fsp3) is 0.867. The van der Waals surface area contributed by atoms with Crippen molar-refractivity contribution in [2.75, 3.05) is 26.3 Å². The Balaban J connectivity index is 4.31. The zero-order valence-corrected chi connectivity index (χ0v) is 14.6. The number of aliphatic hydroxyl groups excluding tert-OH is 5. The van der Waals surface area contributed by atoms with Crippen LogP contribution in [-0.4, -0.2) is 82.0 Å². The second kappa shape index (κ2) is 9.28. The monoisotopic (exact) mass is 350 g/mol. The van der Waals surface area contributed by atoms with Crippen molar-refractivity contribution >= 4 is 11.8 Å². The van der Waals surface area contributed by atoms with Gasteiger partial charge in [-0.3, -0.25) is 9.59 Å². The van der Waals surface area contributed by atoms with E-state index in [2.05, 4.69) is 10.6 Å². The highest BCUT2D eigenvalue weighted by Crippen LogP contribution is 2.20. The van der Waals surface area contributed by atoms with Gasteiger partial charge in [-0.15, -0.1) is 0 Å². The van der Waals surface area contributed by atoms with E-state index < -0.39 is 54.2 Å². The average molecular weight is 350 g/mol.